The van der Waals surface area contributed by atoms with Crippen LogP contribution in [-0.4, -0.2) is 45.9 Å². The fourth-order valence-corrected chi connectivity index (χ4v) is 2.99. The Bertz CT molecular complexity index is 624. The number of anilines is 1. The first kappa shape index (κ1) is 17.5. The van der Waals surface area contributed by atoms with Gasteiger partial charge < -0.3 is 9.80 Å². The number of amides is 1. The molecule has 0 aliphatic heterocycles. The van der Waals surface area contributed by atoms with Gasteiger partial charge in [0.2, 0.25) is 10.0 Å². The summed E-state index contributed by atoms with van der Waals surface area (Å²) in [4.78, 5) is 15.7. The fourth-order valence-electron chi connectivity index (χ4n) is 2.15. The predicted octanol–water partition coefficient (Wildman–Crippen LogP) is 1.27. The number of carbonyl (C=O) groups is 1. The molecule has 6 nitrogen and oxygen atoms in total. The molecule has 0 unspecified atom stereocenters. The van der Waals surface area contributed by atoms with Crippen LogP contribution in [0.25, 0.3) is 0 Å². The average Bonchev–Trinajstić information content (AvgIpc) is 2.37. The summed E-state index contributed by atoms with van der Waals surface area (Å²) in [5.41, 5.74) is 0.779. The first-order valence-corrected chi connectivity index (χ1v) is 8.29. The zero-order valence-corrected chi connectivity index (χ0v) is 13.9. The smallest absolute Gasteiger partial charge is 0.254 e. The molecule has 0 bridgehead atoms. The van der Waals surface area contributed by atoms with Crippen LogP contribution < -0.4 is 10.0 Å². The molecule has 2 N–H and O–H groups in total. The molecular formula is C14H23N3O3S. The van der Waals surface area contributed by atoms with Gasteiger partial charge in [-0.2, -0.15) is 0 Å². The lowest BCUT2D eigenvalue weighted by atomic mass is 10.1. The third-order valence-electron chi connectivity index (χ3n) is 3.22. The van der Waals surface area contributed by atoms with Gasteiger partial charge in [-0.1, -0.05) is 0 Å². The summed E-state index contributed by atoms with van der Waals surface area (Å²) in [6.45, 7) is 6.26. The highest BCUT2D eigenvalue weighted by Gasteiger charge is 2.22. The van der Waals surface area contributed by atoms with E-state index in [0.29, 0.717) is 17.8 Å². The Morgan fingerprint density at radius 3 is 2.24 bits per heavy atom. The summed E-state index contributed by atoms with van der Waals surface area (Å²) in [6, 6.07) is 4.60. The molecule has 0 atom stereocenters. The van der Waals surface area contributed by atoms with Crippen LogP contribution in [0.1, 0.15) is 31.1 Å². The van der Waals surface area contributed by atoms with Crippen LogP contribution >= 0.6 is 0 Å². The number of nitrogens with zero attached hydrogens (tertiary/aromatic N) is 2. The van der Waals surface area contributed by atoms with E-state index in [1.165, 1.54) is 6.07 Å². The topological polar surface area (TPSA) is 83.7 Å². The van der Waals surface area contributed by atoms with Crippen LogP contribution in [0.4, 0.5) is 5.69 Å². The molecule has 0 saturated carbocycles. The number of rotatable bonds is 5. The van der Waals surface area contributed by atoms with E-state index in [1.807, 2.05) is 20.8 Å². The Labute approximate surface area is 126 Å². The van der Waals surface area contributed by atoms with Crippen LogP contribution in [0.15, 0.2) is 23.1 Å². The SMILES string of the molecule is CCN(C(=O)c1ccc(N(C)C)c(S(N)(=O)=O)c1)C(C)C. The number of primary sulfonamides is 1. The molecule has 118 valence electrons. The molecule has 0 spiro atoms. The third-order valence-corrected chi connectivity index (χ3v) is 4.16. The zero-order chi connectivity index (χ0) is 16.4. The first-order chi connectivity index (χ1) is 9.59. The summed E-state index contributed by atoms with van der Waals surface area (Å²) in [7, 11) is -0.459. The van der Waals surface area contributed by atoms with Crippen molar-refractivity contribution in [1.82, 2.24) is 4.90 Å². The summed E-state index contributed by atoms with van der Waals surface area (Å²) in [5, 5.41) is 5.25. The largest absolute Gasteiger partial charge is 0.377 e. The molecule has 21 heavy (non-hydrogen) atoms. The summed E-state index contributed by atoms with van der Waals surface area (Å²) in [6.07, 6.45) is 0. The normalized spacial score (nSPS) is 11.6. The zero-order valence-electron chi connectivity index (χ0n) is 13.1. The van der Waals surface area contributed by atoms with Gasteiger partial charge >= 0.3 is 0 Å². The number of carbonyl (C=O) groups excluding carboxylic acids is 1. The van der Waals surface area contributed by atoms with Gasteiger partial charge in [0.25, 0.3) is 5.91 Å². The van der Waals surface area contributed by atoms with Crippen molar-refractivity contribution in [1.29, 1.82) is 0 Å². The molecule has 1 aromatic carbocycles. The average molecular weight is 313 g/mol. The predicted molar refractivity (Wildman–Crippen MR) is 84.0 cm³/mol. The Kier molecular flexibility index (Phi) is 5.36. The second-order valence-corrected chi connectivity index (χ2v) is 6.84. The van der Waals surface area contributed by atoms with Gasteiger partial charge in [-0.05, 0) is 39.0 Å². The molecular weight excluding hydrogens is 290 g/mol. The van der Waals surface area contributed by atoms with Crippen molar-refractivity contribution >= 4 is 21.6 Å². The van der Waals surface area contributed by atoms with Crippen molar-refractivity contribution in [3.8, 4) is 0 Å². The van der Waals surface area contributed by atoms with Crippen LogP contribution in [0.5, 0.6) is 0 Å². The van der Waals surface area contributed by atoms with Gasteiger partial charge in [0.1, 0.15) is 4.90 Å². The van der Waals surface area contributed by atoms with E-state index in [2.05, 4.69) is 0 Å². The maximum absolute atomic E-state index is 12.5. The molecule has 0 aliphatic rings. The fraction of sp³-hybridized carbons (Fsp3) is 0.500. The molecule has 1 rings (SSSR count). The van der Waals surface area contributed by atoms with Crippen LogP contribution in [0.3, 0.4) is 0 Å². The van der Waals surface area contributed by atoms with Crippen molar-refractivity contribution in [2.24, 2.45) is 5.14 Å². The van der Waals surface area contributed by atoms with Crippen LogP contribution in [0, 0.1) is 0 Å². The van der Waals surface area contributed by atoms with E-state index in [0.717, 1.165) is 0 Å². The monoisotopic (exact) mass is 313 g/mol. The van der Waals surface area contributed by atoms with Gasteiger partial charge in [0.05, 0.1) is 5.69 Å². The number of nitrogens with two attached hydrogens (primary N) is 1. The van der Waals surface area contributed by atoms with Crippen LogP contribution in [-0.2, 0) is 10.0 Å². The quantitative estimate of drug-likeness (QED) is 0.887. The first-order valence-electron chi connectivity index (χ1n) is 6.74. The molecule has 1 aromatic rings. The lowest BCUT2D eigenvalue weighted by Gasteiger charge is -2.26. The highest BCUT2D eigenvalue weighted by atomic mass is 32.2. The molecule has 0 aromatic heterocycles. The lowest BCUT2D eigenvalue weighted by molar-refractivity contribution is 0.0716. The van der Waals surface area contributed by atoms with E-state index in [9.17, 15) is 13.2 Å². The van der Waals surface area contributed by atoms with Crippen molar-refractivity contribution in [3.05, 3.63) is 23.8 Å². The molecule has 0 radical (unpaired) electrons. The highest BCUT2D eigenvalue weighted by molar-refractivity contribution is 7.89. The highest BCUT2D eigenvalue weighted by Crippen LogP contribution is 2.25. The Hall–Kier alpha value is -1.60. The second kappa shape index (κ2) is 6.44. The van der Waals surface area contributed by atoms with Crippen molar-refractivity contribution in [2.75, 3.05) is 25.5 Å². The van der Waals surface area contributed by atoms with Gasteiger partial charge in [-0.3, -0.25) is 4.79 Å². The van der Waals surface area contributed by atoms with E-state index < -0.39 is 10.0 Å². The van der Waals surface area contributed by atoms with Crippen molar-refractivity contribution < 1.29 is 13.2 Å². The third kappa shape index (κ3) is 3.95. The van der Waals surface area contributed by atoms with E-state index in [4.69, 9.17) is 5.14 Å². The van der Waals surface area contributed by atoms with E-state index in [-0.39, 0.29) is 16.8 Å². The second-order valence-electron chi connectivity index (χ2n) is 5.31. The maximum Gasteiger partial charge on any atom is 0.254 e. The number of sulfonamides is 1. The molecule has 7 heteroatoms. The molecule has 1 amide bonds. The Morgan fingerprint density at radius 1 is 1.29 bits per heavy atom. The van der Waals surface area contributed by atoms with E-state index in [1.54, 1.807) is 36.0 Å². The minimum atomic E-state index is -3.90. The molecule has 0 heterocycles. The van der Waals surface area contributed by atoms with Crippen LogP contribution in [0.2, 0.25) is 0 Å². The number of benzene rings is 1. The summed E-state index contributed by atoms with van der Waals surface area (Å²) >= 11 is 0. The van der Waals surface area contributed by atoms with Gasteiger partial charge in [0.15, 0.2) is 0 Å². The van der Waals surface area contributed by atoms with E-state index >= 15 is 0 Å². The molecule has 0 fully saturated rings. The molecule has 0 aliphatic carbocycles. The Morgan fingerprint density at radius 2 is 1.86 bits per heavy atom. The minimum Gasteiger partial charge on any atom is -0.377 e. The van der Waals surface area contributed by atoms with Gasteiger partial charge in [-0.25, -0.2) is 13.6 Å². The Balaban J connectivity index is 3.39. The minimum absolute atomic E-state index is 0.0361. The van der Waals surface area contributed by atoms with Crippen molar-refractivity contribution in [2.45, 2.75) is 31.7 Å². The molecule has 0 saturated heterocycles. The maximum atomic E-state index is 12.5. The van der Waals surface area contributed by atoms with Gasteiger partial charge in [-0.15, -0.1) is 0 Å². The van der Waals surface area contributed by atoms with Crippen molar-refractivity contribution in [3.63, 3.8) is 0 Å². The van der Waals surface area contributed by atoms with Gasteiger partial charge in [0, 0.05) is 32.2 Å². The number of hydrogen-bond donors (Lipinski definition) is 1. The number of hydrogen-bond acceptors (Lipinski definition) is 4. The standard InChI is InChI=1S/C14H23N3O3S/c1-6-17(10(2)3)14(18)11-7-8-12(16(4)5)13(9-11)21(15,19)20/h7-10H,6H2,1-5H3,(H2,15,19,20). The summed E-state index contributed by atoms with van der Waals surface area (Å²) in [5.74, 6) is -0.206. The lowest BCUT2D eigenvalue weighted by Crippen LogP contribution is -2.36. The summed E-state index contributed by atoms with van der Waals surface area (Å²) < 4.78 is 23.5.